The smallest absolute Gasteiger partial charge is 0.0702 e. The highest BCUT2D eigenvalue weighted by molar-refractivity contribution is 4.95. The Bertz CT molecular complexity index is 257. The predicted octanol–water partition coefficient (Wildman–Crippen LogP) is 2.16. The summed E-state index contributed by atoms with van der Waals surface area (Å²) in [5, 5.41) is 3.87. The molecule has 18 heavy (non-hydrogen) atoms. The number of hydrogen-bond donors (Lipinski definition) is 1. The summed E-state index contributed by atoms with van der Waals surface area (Å²) in [6.07, 6.45) is 11.4. The second-order valence-corrected chi connectivity index (χ2v) is 6.49. The van der Waals surface area contributed by atoms with Crippen LogP contribution < -0.4 is 5.32 Å². The highest BCUT2D eigenvalue weighted by atomic mass is 16.5. The molecule has 104 valence electrons. The number of hydrogen-bond acceptors (Lipinski definition) is 3. The minimum Gasteiger partial charge on any atom is -0.377 e. The van der Waals surface area contributed by atoms with Crippen LogP contribution in [-0.4, -0.2) is 49.3 Å². The fourth-order valence-corrected chi connectivity index (χ4v) is 4.01. The minimum absolute atomic E-state index is 0.438. The second kappa shape index (κ2) is 5.89. The van der Waals surface area contributed by atoms with Gasteiger partial charge in [0.15, 0.2) is 0 Å². The summed E-state index contributed by atoms with van der Waals surface area (Å²) in [5.41, 5.74) is 0.438. The van der Waals surface area contributed by atoms with Crippen LogP contribution in [0.3, 0.4) is 0 Å². The van der Waals surface area contributed by atoms with Crippen LogP contribution in [0.15, 0.2) is 0 Å². The molecule has 0 aromatic heterocycles. The van der Waals surface area contributed by atoms with Crippen molar-refractivity contribution in [3.63, 3.8) is 0 Å². The maximum atomic E-state index is 5.81. The minimum atomic E-state index is 0.438. The first-order chi connectivity index (χ1) is 8.86. The first-order valence-electron chi connectivity index (χ1n) is 7.95. The molecule has 2 saturated heterocycles. The lowest BCUT2D eigenvalue weighted by molar-refractivity contribution is 0.0618. The Morgan fingerprint density at radius 2 is 2.00 bits per heavy atom. The molecule has 3 rings (SSSR count). The first-order valence-corrected chi connectivity index (χ1v) is 7.95. The molecule has 3 nitrogen and oxygen atoms in total. The summed E-state index contributed by atoms with van der Waals surface area (Å²) in [4.78, 5) is 2.68. The normalized spacial score (nSPS) is 33.7. The molecular weight excluding hydrogens is 224 g/mol. The van der Waals surface area contributed by atoms with Gasteiger partial charge in [-0.1, -0.05) is 19.3 Å². The van der Waals surface area contributed by atoms with Crippen LogP contribution >= 0.6 is 0 Å². The van der Waals surface area contributed by atoms with Crippen molar-refractivity contribution in [2.75, 3.05) is 32.8 Å². The van der Waals surface area contributed by atoms with E-state index in [1.54, 1.807) is 0 Å². The van der Waals surface area contributed by atoms with Gasteiger partial charge in [-0.05, 0) is 45.2 Å². The maximum absolute atomic E-state index is 5.81. The standard InChI is InChI=1S/C15H28N2O/c1-2-7-15(8-3-1)13-17(10-5-9-16-15)12-14-6-4-11-18-14/h14,16H,1-13H2. The van der Waals surface area contributed by atoms with E-state index in [1.165, 1.54) is 77.5 Å². The SMILES string of the molecule is C1CCC2(CC1)CN(CC1CCCO1)CCCN2. The predicted molar refractivity (Wildman–Crippen MR) is 73.8 cm³/mol. The number of rotatable bonds is 2. The molecule has 0 aromatic rings. The molecule has 1 atom stereocenters. The van der Waals surface area contributed by atoms with E-state index in [4.69, 9.17) is 4.74 Å². The Morgan fingerprint density at radius 1 is 1.11 bits per heavy atom. The van der Waals surface area contributed by atoms with Crippen LogP contribution in [0, 0.1) is 0 Å². The van der Waals surface area contributed by atoms with Crippen molar-refractivity contribution >= 4 is 0 Å². The summed E-state index contributed by atoms with van der Waals surface area (Å²) in [5.74, 6) is 0. The van der Waals surface area contributed by atoms with Gasteiger partial charge < -0.3 is 10.1 Å². The van der Waals surface area contributed by atoms with Gasteiger partial charge in [-0.25, -0.2) is 0 Å². The Kier molecular flexibility index (Phi) is 4.22. The molecule has 3 aliphatic rings. The molecule has 1 aliphatic carbocycles. The summed E-state index contributed by atoms with van der Waals surface area (Å²) >= 11 is 0. The van der Waals surface area contributed by atoms with Crippen molar-refractivity contribution in [1.29, 1.82) is 0 Å². The topological polar surface area (TPSA) is 24.5 Å². The van der Waals surface area contributed by atoms with Crippen LogP contribution in [0.4, 0.5) is 0 Å². The Morgan fingerprint density at radius 3 is 2.78 bits per heavy atom. The Hall–Kier alpha value is -0.120. The van der Waals surface area contributed by atoms with Gasteiger partial charge in [0.25, 0.3) is 0 Å². The number of nitrogens with zero attached hydrogens (tertiary/aromatic N) is 1. The zero-order valence-electron chi connectivity index (χ0n) is 11.6. The van der Waals surface area contributed by atoms with Gasteiger partial charge in [-0.3, -0.25) is 4.90 Å². The van der Waals surface area contributed by atoms with Crippen molar-refractivity contribution in [2.24, 2.45) is 0 Å². The molecule has 1 unspecified atom stereocenters. The lowest BCUT2D eigenvalue weighted by atomic mass is 9.81. The molecule has 1 spiro atoms. The first kappa shape index (κ1) is 12.9. The summed E-state index contributed by atoms with van der Waals surface area (Å²) in [6.45, 7) is 5.88. The van der Waals surface area contributed by atoms with Crippen molar-refractivity contribution < 1.29 is 4.74 Å². The molecule has 3 fully saturated rings. The van der Waals surface area contributed by atoms with E-state index in [0.717, 1.165) is 6.61 Å². The highest BCUT2D eigenvalue weighted by Crippen LogP contribution is 2.30. The van der Waals surface area contributed by atoms with Gasteiger partial charge in [0.1, 0.15) is 0 Å². The van der Waals surface area contributed by atoms with Crippen molar-refractivity contribution in [1.82, 2.24) is 10.2 Å². The van der Waals surface area contributed by atoms with Crippen LogP contribution in [0.5, 0.6) is 0 Å². The largest absolute Gasteiger partial charge is 0.377 e. The average Bonchev–Trinajstić information content (AvgIpc) is 2.81. The second-order valence-electron chi connectivity index (χ2n) is 6.49. The van der Waals surface area contributed by atoms with Gasteiger partial charge in [0.2, 0.25) is 0 Å². The fourth-order valence-electron chi connectivity index (χ4n) is 4.01. The molecular formula is C15H28N2O. The quantitative estimate of drug-likeness (QED) is 0.815. The van der Waals surface area contributed by atoms with Gasteiger partial charge >= 0.3 is 0 Å². The zero-order chi connectivity index (χ0) is 12.3. The molecule has 1 saturated carbocycles. The molecule has 1 N–H and O–H groups in total. The lowest BCUT2D eigenvalue weighted by Crippen LogP contribution is -2.53. The zero-order valence-corrected chi connectivity index (χ0v) is 11.6. The van der Waals surface area contributed by atoms with Gasteiger partial charge in [-0.2, -0.15) is 0 Å². The summed E-state index contributed by atoms with van der Waals surface area (Å²) < 4.78 is 5.81. The Labute approximate surface area is 111 Å². The third-order valence-electron chi connectivity index (χ3n) is 4.97. The van der Waals surface area contributed by atoms with E-state index in [1.807, 2.05) is 0 Å². The fraction of sp³-hybridized carbons (Fsp3) is 1.00. The molecule has 0 radical (unpaired) electrons. The third-order valence-corrected chi connectivity index (χ3v) is 4.97. The summed E-state index contributed by atoms with van der Waals surface area (Å²) in [7, 11) is 0. The van der Waals surface area contributed by atoms with Gasteiger partial charge in [-0.15, -0.1) is 0 Å². The number of nitrogens with one attached hydrogen (secondary N) is 1. The van der Waals surface area contributed by atoms with Crippen LogP contribution in [0.1, 0.15) is 51.4 Å². The molecule has 0 bridgehead atoms. The average molecular weight is 252 g/mol. The van der Waals surface area contributed by atoms with E-state index >= 15 is 0 Å². The number of ether oxygens (including phenoxy) is 1. The van der Waals surface area contributed by atoms with E-state index < -0.39 is 0 Å². The van der Waals surface area contributed by atoms with E-state index in [9.17, 15) is 0 Å². The molecule has 2 aliphatic heterocycles. The lowest BCUT2D eigenvalue weighted by Gasteiger charge is -2.40. The molecule has 3 heteroatoms. The Balaban J connectivity index is 1.59. The third kappa shape index (κ3) is 3.06. The maximum Gasteiger partial charge on any atom is 0.0702 e. The van der Waals surface area contributed by atoms with Crippen molar-refractivity contribution in [3.8, 4) is 0 Å². The molecule has 0 aromatic carbocycles. The summed E-state index contributed by atoms with van der Waals surface area (Å²) in [6, 6.07) is 0. The van der Waals surface area contributed by atoms with Crippen LogP contribution in [0.25, 0.3) is 0 Å². The van der Waals surface area contributed by atoms with Crippen LogP contribution in [-0.2, 0) is 4.74 Å². The van der Waals surface area contributed by atoms with E-state index in [0.29, 0.717) is 11.6 Å². The van der Waals surface area contributed by atoms with Gasteiger partial charge in [0, 0.05) is 25.2 Å². The van der Waals surface area contributed by atoms with E-state index in [2.05, 4.69) is 10.2 Å². The van der Waals surface area contributed by atoms with E-state index in [-0.39, 0.29) is 0 Å². The van der Waals surface area contributed by atoms with Crippen LogP contribution in [0.2, 0.25) is 0 Å². The monoisotopic (exact) mass is 252 g/mol. The molecule has 2 heterocycles. The van der Waals surface area contributed by atoms with Crippen molar-refractivity contribution in [3.05, 3.63) is 0 Å². The van der Waals surface area contributed by atoms with Crippen molar-refractivity contribution in [2.45, 2.75) is 63.0 Å². The van der Waals surface area contributed by atoms with Gasteiger partial charge in [0.05, 0.1) is 6.10 Å². The highest BCUT2D eigenvalue weighted by Gasteiger charge is 2.35. The molecule has 0 amide bonds.